The Balaban J connectivity index is 0.000000461. The molecule has 0 aliphatic carbocycles. The highest BCUT2D eigenvalue weighted by Crippen LogP contribution is 2.11. The van der Waals surface area contributed by atoms with Crippen molar-refractivity contribution in [2.75, 3.05) is 0 Å². The van der Waals surface area contributed by atoms with E-state index >= 15 is 0 Å². The minimum absolute atomic E-state index is 0.250. The Labute approximate surface area is 83.4 Å². The van der Waals surface area contributed by atoms with Gasteiger partial charge < -0.3 is 0 Å². The number of hydrogen-bond donors (Lipinski definition) is 0. The van der Waals surface area contributed by atoms with E-state index < -0.39 is 0 Å². The van der Waals surface area contributed by atoms with Gasteiger partial charge >= 0.3 is 0 Å². The first-order chi connectivity index (χ1) is 6.68. The second kappa shape index (κ2) is 4.22. The molecular formula is C11H15FN2. The summed E-state index contributed by atoms with van der Waals surface area (Å²) in [7, 11) is 0. The quantitative estimate of drug-likeness (QED) is 0.589. The lowest BCUT2D eigenvalue weighted by Crippen LogP contribution is -1.95. The highest BCUT2D eigenvalue weighted by Gasteiger charge is 2.03. The van der Waals surface area contributed by atoms with E-state index in [1.165, 1.54) is 10.5 Å². The van der Waals surface area contributed by atoms with Gasteiger partial charge in [0.25, 0.3) is 0 Å². The fourth-order valence-electron chi connectivity index (χ4n) is 1.37. The second-order valence-corrected chi connectivity index (χ2v) is 2.92. The molecule has 2 aromatic rings. The summed E-state index contributed by atoms with van der Waals surface area (Å²) in [6, 6.07) is 3.41. The highest BCUT2D eigenvalue weighted by atomic mass is 19.1. The van der Waals surface area contributed by atoms with E-state index in [2.05, 4.69) is 4.98 Å². The number of halogens is 1. The molecule has 0 fully saturated rings. The molecule has 76 valence electrons. The zero-order valence-electron chi connectivity index (χ0n) is 9.00. The first kappa shape index (κ1) is 10.7. The summed E-state index contributed by atoms with van der Waals surface area (Å²) < 4.78 is 14.8. The number of fused-ring (bicyclic) bond motifs is 1. The normalized spacial score (nSPS) is 9.79. The topological polar surface area (TPSA) is 17.3 Å². The predicted molar refractivity (Wildman–Crippen MR) is 56.0 cm³/mol. The molecule has 0 saturated carbocycles. The second-order valence-electron chi connectivity index (χ2n) is 2.92. The zero-order chi connectivity index (χ0) is 10.7. The highest BCUT2D eigenvalue weighted by molar-refractivity contribution is 5.48. The van der Waals surface area contributed by atoms with Crippen molar-refractivity contribution in [3.8, 4) is 0 Å². The van der Waals surface area contributed by atoms with Crippen molar-refractivity contribution < 1.29 is 4.39 Å². The maximum Gasteiger partial charge on any atom is 0.199 e. The van der Waals surface area contributed by atoms with Crippen molar-refractivity contribution in [3.05, 3.63) is 35.7 Å². The van der Waals surface area contributed by atoms with E-state index in [1.807, 2.05) is 26.8 Å². The maximum atomic E-state index is 13.3. The SMILES string of the molecule is CC.Cc1cc(F)n2c(C)ncc2c1. The zero-order valence-corrected chi connectivity index (χ0v) is 9.00. The van der Waals surface area contributed by atoms with Gasteiger partial charge in [-0.2, -0.15) is 4.39 Å². The molecule has 0 bridgehead atoms. The van der Waals surface area contributed by atoms with Gasteiger partial charge in [0.2, 0.25) is 0 Å². The number of rotatable bonds is 0. The Morgan fingerprint density at radius 1 is 1.21 bits per heavy atom. The number of aromatic nitrogens is 2. The Morgan fingerprint density at radius 2 is 1.86 bits per heavy atom. The predicted octanol–water partition coefficient (Wildman–Crippen LogP) is 3.12. The molecule has 2 heterocycles. The van der Waals surface area contributed by atoms with Gasteiger partial charge in [-0.3, -0.25) is 4.40 Å². The number of hydrogen-bond acceptors (Lipinski definition) is 1. The van der Waals surface area contributed by atoms with Gasteiger partial charge in [-0.1, -0.05) is 13.8 Å². The van der Waals surface area contributed by atoms with Crippen LogP contribution in [-0.4, -0.2) is 9.38 Å². The summed E-state index contributed by atoms with van der Waals surface area (Å²) in [5, 5.41) is 0. The molecule has 2 rings (SSSR count). The molecule has 0 saturated heterocycles. The third kappa shape index (κ3) is 1.76. The van der Waals surface area contributed by atoms with Crippen molar-refractivity contribution in [2.45, 2.75) is 27.7 Å². The first-order valence-electron chi connectivity index (χ1n) is 4.78. The van der Waals surface area contributed by atoms with E-state index in [0.29, 0.717) is 5.82 Å². The van der Waals surface area contributed by atoms with Crippen LogP contribution in [-0.2, 0) is 0 Å². The van der Waals surface area contributed by atoms with Crippen LogP contribution >= 0.6 is 0 Å². The monoisotopic (exact) mass is 194 g/mol. The van der Waals surface area contributed by atoms with Crippen LogP contribution in [0, 0.1) is 19.8 Å². The average molecular weight is 194 g/mol. The van der Waals surface area contributed by atoms with Gasteiger partial charge in [0.05, 0.1) is 11.7 Å². The molecule has 0 amide bonds. The summed E-state index contributed by atoms with van der Waals surface area (Å²) in [5.74, 6) is 0.433. The van der Waals surface area contributed by atoms with Crippen LogP contribution in [0.4, 0.5) is 4.39 Å². The molecule has 3 heteroatoms. The van der Waals surface area contributed by atoms with Gasteiger partial charge in [0, 0.05) is 0 Å². The van der Waals surface area contributed by atoms with Crippen LogP contribution in [0.3, 0.4) is 0 Å². The summed E-state index contributed by atoms with van der Waals surface area (Å²) in [4.78, 5) is 4.02. The van der Waals surface area contributed by atoms with Gasteiger partial charge in [-0.25, -0.2) is 4.98 Å². The fourth-order valence-corrected chi connectivity index (χ4v) is 1.37. The minimum atomic E-state index is -0.250. The Morgan fingerprint density at radius 3 is 2.50 bits per heavy atom. The van der Waals surface area contributed by atoms with Crippen molar-refractivity contribution in [1.29, 1.82) is 0 Å². The minimum Gasteiger partial charge on any atom is -0.273 e. The van der Waals surface area contributed by atoms with Crippen molar-refractivity contribution in [2.24, 2.45) is 0 Å². The third-order valence-electron chi connectivity index (χ3n) is 1.90. The van der Waals surface area contributed by atoms with Gasteiger partial charge in [-0.15, -0.1) is 0 Å². The summed E-state index contributed by atoms with van der Waals surface area (Å²) in [6.45, 7) is 7.65. The molecule has 0 unspecified atom stereocenters. The van der Waals surface area contributed by atoms with E-state index in [1.54, 1.807) is 13.1 Å². The number of aryl methyl sites for hydroxylation is 2. The van der Waals surface area contributed by atoms with Crippen LogP contribution < -0.4 is 0 Å². The standard InChI is InChI=1S/C9H9FN2.C2H6/c1-6-3-8-5-11-7(2)12(8)9(10)4-6;1-2/h3-5H,1-2H3;1-2H3. The number of pyridine rings is 1. The molecule has 0 atom stereocenters. The van der Waals surface area contributed by atoms with Crippen LogP contribution in [0.5, 0.6) is 0 Å². The van der Waals surface area contributed by atoms with Gasteiger partial charge in [-0.05, 0) is 31.5 Å². The summed E-state index contributed by atoms with van der Waals surface area (Å²) >= 11 is 0. The van der Waals surface area contributed by atoms with Crippen LogP contribution in [0.25, 0.3) is 5.52 Å². The molecule has 0 aliphatic heterocycles. The van der Waals surface area contributed by atoms with Crippen molar-refractivity contribution >= 4 is 5.52 Å². The smallest absolute Gasteiger partial charge is 0.199 e. The maximum absolute atomic E-state index is 13.3. The van der Waals surface area contributed by atoms with E-state index in [0.717, 1.165) is 11.1 Å². The Hall–Kier alpha value is -1.38. The lowest BCUT2D eigenvalue weighted by molar-refractivity contribution is 0.561. The number of imidazole rings is 1. The molecule has 0 radical (unpaired) electrons. The summed E-state index contributed by atoms with van der Waals surface area (Å²) in [5.41, 5.74) is 1.73. The largest absolute Gasteiger partial charge is 0.273 e. The molecule has 14 heavy (non-hydrogen) atoms. The van der Waals surface area contributed by atoms with E-state index in [-0.39, 0.29) is 5.95 Å². The molecule has 0 N–H and O–H groups in total. The van der Waals surface area contributed by atoms with E-state index in [9.17, 15) is 4.39 Å². The van der Waals surface area contributed by atoms with Crippen LogP contribution in [0.2, 0.25) is 0 Å². The van der Waals surface area contributed by atoms with Crippen molar-refractivity contribution in [3.63, 3.8) is 0 Å². The number of nitrogens with zero attached hydrogens (tertiary/aromatic N) is 2. The Bertz CT molecular complexity index is 432. The van der Waals surface area contributed by atoms with E-state index in [4.69, 9.17) is 0 Å². The summed E-state index contributed by atoms with van der Waals surface area (Å²) in [6.07, 6.45) is 1.67. The first-order valence-corrected chi connectivity index (χ1v) is 4.78. The molecule has 0 aromatic carbocycles. The molecule has 2 aromatic heterocycles. The lowest BCUT2D eigenvalue weighted by Gasteiger charge is -1.99. The molecule has 0 spiro atoms. The van der Waals surface area contributed by atoms with Gasteiger partial charge in [0.15, 0.2) is 5.95 Å². The van der Waals surface area contributed by atoms with Gasteiger partial charge in [0.1, 0.15) is 5.82 Å². The molecular weight excluding hydrogens is 179 g/mol. The third-order valence-corrected chi connectivity index (χ3v) is 1.90. The lowest BCUT2D eigenvalue weighted by atomic mass is 10.3. The average Bonchev–Trinajstić information content (AvgIpc) is 2.51. The molecule has 2 nitrogen and oxygen atoms in total. The van der Waals surface area contributed by atoms with Crippen LogP contribution in [0.15, 0.2) is 18.3 Å². The molecule has 0 aliphatic rings. The van der Waals surface area contributed by atoms with Crippen molar-refractivity contribution in [1.82, 2.24) is 9.38 Å². The Kier molecular flexibility index (Phi) is 3.23. The van der Waals surface area contributed by atoms with Crippen LogP contribution in [0.1, 0.15) is 25.2 Å². The fraction of sp³-hybridized carbons (Fsp3) is 0.364.